The van der Waals surface area contributed by atoms with E-state index in [1.807, 2.05) is 18.2 Å². The van der Waals surface area contributed by atoms with E-state index in [1.54, 1.807) is 7.11 Å². The Kier molecular flexibility index (Phi) is 7.66. The van der Waals surface area contributed by atoms with Crippen LogP contribution < -0.4 is 20.3 Å². The topological polar surface area (TPSA) is 53.6 Å². The third-order valence-corrected chi connectivity index (χ3v) is 6.44. The molecular weight excluding hydrogens is 385 g/mol. The van der Waals surface area contributed by atoms with Crippen molar-refractivity contribution >= 4 is 36.4 Å². The molecule has 2 aliphatic heterocycles. The molecule has 3 atom stereocenters. The molecule has 2 saturated heterocycles. The lowest BCUT2D eigenvalue weighted by Crippen LogP contribution is -2.51. The van der Waals surface area contributed by atoms with Gasteiger partial charge in [-0.25, -0.2) is 0 Å². The second-order valence-corrected chi connectivity index (χ2v) is 7.81. The molecular formula is C20H31Cl2N3O2. The van der Waals surface area contributed by atoms with E-state index < -0.39 is 0 Å². The number of methoxy groups -OCH3 is 1. The second kappa shape index (κ2) is 9.35. The fourth-order valence-corrected chi connectivity index (χ4v) is 5.01. The molecule has 2 N–H and O–H groups in total. The summed E-state index contributed by atoms with van der Waals surface area (Å²) < 4.78 is 5.49. The van der Waals surface area contributed by atoms with Crippen molar-refractivity contribution in [3.8, 4) is 5.75 Å². The number of hydrogen-bond donors (Lipinski definition) is 2. The summed E-state index contributed by atoms with van der Waals surface area (Å²) in [6.07, 6.45) is 5.69. The number of halogens is 2. The molecule has 0 bridgehead atoms. The van der Waals surface area contributed by atoms with Gasteiger partial charge in [0.1, 0.15) is 5.75 Å². The van der Waals surface area contributed by atoms with Crippen molar-refractivity contribution in [3.05, 3.63) is 24.3 Å². The second-order valence-electron chi connectivity index (χ2n) is 7.81. The fraction of sp³-hybridized carbons (Fsp3) is 0.650. The van der Waals surface area contributed by atoms with Gasteiger partial charge in [-0.05, 0) is 43.9 Å². The first-order valence-electron chi connectivity index (χ1n) is 9.62. The molecule has 2 heterocycles. The minimum Gasteiger partial charge on any atom is -0.495 e. The lowest BCUT2D eigenvalue weighted by Gasteiger charge is -2.38. The molecule has 1 aliphatic carbocycles. The molecule has 5 nitrogen and oxygen atoms in total. The summed E-state index contributed by atoms with van der Waals surface area (Å²) in [6.45, 7) is 3.68. The summed E-state index contributed by atoms with van der Waals surface area (Å²) in [4.78, 5) is 15.5. The number of nitrogens with one attached hydrogen (secondary N) is 2. The Labute approximate surface area is 174 Å². The van der Waals surface area contributed by atoms with Crippen LogP contribution in [0.5, 0.6) is 5.75 Å². The van der Waals surface area contributed by atoms with Crippen LogP contribution in [-0.4, -0.2) is 45.2 Å². The van der Waals surface area contributed by atoms with E-state index in [1.165, 1.54) is 19.3 Å². The van der Waals surface area contributed by atoms with Crippen molar-refractivity contribution in [2.45, 2.75) is 38.1 Å². The molecule has 7 heteroatoms. The maximum absolute atomic E-state index is 13.1. The molecule has 152 valence electrons. The van der Waals surface area contributed by atoms with Crippen LogP contribution in [0, 0.1) is 11.3 Å². The quantitative estimate of drug-likeness (QED) is 0.793. The van der Waals surface area contributed by atoms with Crippen molar-refractivity contribution in [1.29, 1.82) is 0 Å². The van der Waals surface area contributed by atoms with Crippen LogP contribution in [0.2, 0.25) is 0 Å². The molecule has 1 aromatic carbocycles. The molecule has 1 amide bonds. The average Bonchev–Trinajstić information content (AvgIpc) is 3.29. The molecule has 27 heavy (non-hydrogen) atoms. The third kappa shape index (κ3) is 4.15. The van der Waals surface area contributed by atoms with Gasteiger partial charge in [0.15, 0.2) is 0 Å². The number of nitrogens with zero attached hydrogens (tertiary/aromatic N) is 1. The highest BCUT2D eigenvalue weighted by molar-refractivity contribution is 5.86. The van der Waals surface area contributed by atoms with E-state index in [-0.39, 0.29) is 42.2 Å². The maximum atomic E-state index is 13.1. The van der Waals surface area contributed by atoms with E-state index >= 15 is 0 Å². The van der Waals surface area contributed by atoms with Crippen LogP contribution in [0.4, 0.5) is 5.69 Å². The normalized spacial score (nSPS) is 29.3. The molecule has 1 aromatic rings. The number of carbonyl (C=O) groups excluding carboxylic acids is 1. The predicted octanol–water partition coefficient (Wildman–Crippen LogP) is 3.01. The Bertz CT molecular complexity index is 645. The van der Waals surface area contributed by atoms with Crippen LogP contribution in [0.15, 0.2) is 24.3 Å². The van der Waals surface area contributed by atoms with Crippen molar-refractivity contribution in [1.82, 2.24) is 10.6 Å². The van der Waals surface area contributed by atoms with Gasteiger partial charge in [0.25, 0.3) is 0 Å². The largest absolute Gasteiger partial charge is 0.495 e. The molecule has 4 rings (SSSR count). The van der Waals surface area contributed by atoms with Gasteiger partial charge in [0.05, 0.1) is 18.2 Å². The highest BCUT2D eigenvalue weighted by Gasteiger charge is 2.50. The lowest BCUT2D eigenvalue weighted by atomic mass is 9.67. The van der Waals surface area contributed by atoms with E-state index in [2.05, 4.69) is 21.6 Å². The van der Waals surface area contributed by atoms with Gasteiger partial charge < -0.3 is 20.3 Å². The Morgan fingerprint density at radius 2 is 2.07 bits per heavy atom. The first-order chi connectivity index (χ1) is 12.2. The van der Waals surface area contributed by atoms with Gasteiger partial charge in [-0.15, -0.1) is 24.8 Å². The maximum Gasteiger partial charge on any atom is 0.228 e. The van der Waals surface area contributed by atoms with Crippen LogP contribution in [0.1, 0.15) is 32.1 Å². The van der Waals surface area contributed by atoms with Gasteiger partial charge in [0, 0.05) is 25.7 Å². The summed E-state index contributed by atoms with van der Waals surface area (Å²) in [5.74, 6) is 1.71. The summed E-state index contributed by atoms with van der Waals surface area (Å²) in [7, 11) is 1.71. The number of amides is 1. The third-order valence-electron chi connectivity index (χ3n) is 6.44. The summed E-state index contributed by atoms with van der Waals surface area (Å²) >= 11 is 0. The monoisotopic (exact) mass is 415 g/mol. The minimum atomic E-state index is -0.157. The standard InChI is InChI=1S/C20H29N3O2.2ClH/c1-25-18-8-3-2-7-17(18)23-11-9-16(13-23)22-19(24)20-10-5-4-6-15(20)12-21-14-20;;/h2-3,7-8,15-16,21H,4-6,9-14H2,1H3,(H,22,24);2*1H/t15-,16?,20+;;/m0../s1. The Balaban J connectivity index is 0.00000131. The van der Waals surface area contributed by atoms with Crippen LogP contribution in [-0.2, 0) is 4.79 Å². The summed E-state index contributed by atoms with van der Waals surface area (Å²) in [5, 5.41) is 6.86. The average molecular weight is 416 g/mol. The smallest absolute Gasteiger partial charge is 0.228 e. The predicted molar refractivity (Wildman–Crippen MR) is 114 cm³/mol. The summed E-state index contributed by atoms with van der Waals surface area (Å²) in [5.41, 5.74) is 0.966. The van der Waals surface area contributed by atoms with Crippen molar-refractivity contribution < 1.29 is 9.53 Å². The highest BCUT2D eigenvalue weighted by atomic mass is 35.5. The van der Waals surface area contributed by atoms with E-state index in [4.69, 9.17) is 4.74 Å². The highest BCUT2D eigenvalue weighted by Crippen LogP contribution is 2.44. The lowest BCUT2D eigenvalue weighted by molar-refractivity contribution is -0.134. The number of para-hydroxylation sites is 2. The molecule has 3 aliphatic rings. The summed E-state index contributed by atoms with van der Waals surface area (Å²) in [6, 6.07) is 8.36. The van der Waals surface area contributed by atoms with E-state index in [0.717, 1.165) is 50.5 Å². The first-order valence-corrected chi connectivity index (χ1v) is 9.62. The van der Waals surface area contributed by atoms with Crippen LogP contribution in [0.3, 0.4) is 0 Å². The number of carbonyl (C=O) groups is 1. The first kappa shape index (κ1) is 22.1. The van der Waals surface area contributed by atoms with Gasteiger partial charge in [0.2, 0.25) is 5.91 Å². The molecule has 1 unspecified atom stereocenters. The van der Waals surface area contributed by atoms with E-state index in [9.17, 15) is 4.79 Å². The van der Waals surface area contributed by atoms with Crippen molar-refractivity contribution in [3.63, 3.8) is 0 Å². The van der Waals surface area contributed by atoms with Gasteiger partial charge >= 0.3 is 0 Å². The SMILES string of the molecule is COc1ccccc1N1CCC(NC(=O)[C@@]23CCCC[C@H]2CNC3)C1.Cl.Cl. The zero-order chi connectivity index (χ0) is 17.3. The number of ether oxygens (including phenoxy) is 1. The Morgan fingerprint density at radius 1 is 1.26 bits per heavy atom. The minimum absolute atomic E-state index is 0. The number of fused-ring (bicyclic) bond motifs is 1. The van der Waals surface area contributed by atoms with Gasteiger partial charge in [-0.2, -0.15) is 0 Å². The Hall–Kier alpha value is -1.17. The molecule has 1 saturated carbocycles. The van der Waals surface area contributed by atoms with E-state index in [0.29, 0.717) is 5.92 Å². The number of benzene rings is 1. The zero-order valence-corrected chi connectivity index (χ0v) is 17.5. The van der Waals surface area contributed by atoms with Crippen LogP contribution >= 0.6 is 24.8 Å². The molecule has 0 spiro atoms. The Morgan fingerprint density at radius 3 is 2.89 bits per heavy atom. The van der Waals surface area contributed by atoms with Crippen molar-refractivity contribution in [2.24, 2.45) is 11.3 Å². The number of anilines is 1. The molecule has 0 radical (unpaired) electrons. The van der Waals surface area contributed by atoms with Crippen molar-refractivity contribution in [2.75, 3.05) is 38.2 Å². The van der Waals surface area contributed by atoms with Gasteiger partial charge in [-0.1, -0.05) is 25.0 Å². The van der Waals surface area contributed by atoms with Crippen LogP contribution in [0.25, 0.3) is 0 Å². The van der Waals surface area contributed by atoms with Gasteiger partial charge in [-0.3, -0.25) is 4.79 Å². The molecule has 0 aromatic heterocycles. The fourth-order valence-electron chi connectivity index (χ4n) is 5.01. The zero-order valence-electron chi connectivity index (χ0n) is 15.9. The number of rotatable bonds is 4. The molecule has 3 fully saturated rings. The number of hydrogen-bond acceptors (Lipinski definition) is 4.